The summed E-state index contributed by atoms with van der Waals surface area (Å²) < 4.78 is 5.59. The van der Waals surface area contributed by atoms with E-state index in [1.807, 2.05) is 13.8 Å². The van der Waals surface area contributed by atoms with Crippen molar-refractivity contribution in [3.63, 3.8) is 0 Å². The third-order valence-electron chi connectivity index (χ3n) is 2.41. The van der Waals surface area contributed by atoms with Crippen LogP contribution in [0.3, 0.4) is 0 Å². The third kappa shape index (κ3) is 3.80. The average molecular weight is 181 g/mol. The molecule has 1 aliphatic rings. The Labute approximate surface area is 81.0 Å². The van der Waals surface area contributed by atoms with Crippen LogP contribution >= 0.6 is 0 Å². The second-order valence-electron chi connectivity index (χ2n) is 4.14. The second kappa shape index (κ2) is 4.64. The van der Waals surface area contributed by atoms with E-state index < -0.39 is 0 Å². The lowest BCUT2D eigenvalue weighted by atomic mass is 10.0. The highest BCUT2D eigenvalue weighted by molar-refractivity contribution is 5.07. The quantitative estimate of drug-likeness (QED) is 0.667. The van der Waals surface area contributed by atoms with Crippen LogP contribution < -0.4 is 5.32 Å². The van der Waals surface area contributed by atoms with Gasteiger partial charge in [0.1, 0.15) is 0 Å². The van der Waals surface area contributed by atoms with Crippen LogP contribution in [0.4, 0.5) is 0 Å². The summed E-state index contributed by atoms with van der Waals surface area (Å²) in [5.74, 6) is 2.71. The van der Waals surface area contributed by atoms with Crippen molar-refractivity contribution in [1.29, 1.82) is 0 Å². The number of terminal acetylenes is 1. The summed E-state index contributed by atoms with van der Waals surface area (Å²) in [6.07, 6.45) is 9.38. The van der Waals surface area contributed by atoms with Crippen molar-refractivity contribution in [3.8, 4) is 12.3 Å². The Balaban J connectivity index is 2.22. The van der Waals surface area contributed by atoms with E-state index in [1.54, 1.807) is 0 Å². The van der Waals surface area contributed by atoms with Gasteiger partial charge in [0.2, 0.25) is 0 Å². The Hall–Kier alpha value is -0.520. The first-order chi connectivity index (χ1) is 6.14. The molecule has 0 amide bonds. The molecule has 1 N–H and O–H groups in total. The van der Waals surface area contributed by atoms with Gasteiger partial charge in [-0.05, 0) is 33.1 Å². The molecule has 0 radical (unpaired) electrons. The molecule has 1 aliphatic heterocycles. The number of ether oxygens (including phenoxy) is 1. The summed E-state index contributed by atoms with van der Waals surface area (Å²) in [5, 5.41) is 3.32. The van der Waals surface area contributed by atoms with Gasteiger partial charge in [-0.2, -0.15) is 0 Å². The molecule has 1 atom stereocenters. The molecule has 0 saturated carbocycles. The molecular formula is C11H19NO. The van der Waals surface area contributed by atoms with Crippen LogP contribution in [0.25, 0.3) is 0 Å². The van der Waals surface area contributed by atoms with Crippen LogP contribution in [0.15, 0.2) is 0 Å². The minimum Gasteiger partial charge on any atom is -0.377 e. The normalized spacial score (nSPS) is 23.9. The molecule has 0 aliphatic carbocycles. The van der Waals surface area contributed by atoms with Crippen molar-refractivity contribution in [2.24, 2.45) is 0 Å². The highest BCUT2D eigenvalue weighted by Gasteiger charge is 2.18. The fourth-order valence-corrected chi connectivity index (χ4v) is 1.39. The molecule has 2 heteroatoms. The Morgan fingerprint density at radius 1 is 1.54 bits per heavy atom. The van der Waals surface area contributed by atoms with Crippen LogP contribution in [-0.4, -0.2) is 24.8 Å². The van der Waals surface area contributed by atoms with E-state index in [-0.39, 0.29) is 5.54 Å². The topological polar surface area (TPSA) is 21.3 Å². The van der Waals surface area contributed by atoms with E-state index in [1.165, 1.54) is 12.8 Å². The van der Waals surface area contributed by atoms with E-state index in [0.717, 1.165) is 19.6 Å². The first-order valence-electron chi connectivity index (χ1n) is 4.98. The summed E-state index contributed by atoms with van der Waals surface area (Å²) in [6.45, 7) is 5.80. The number of hydrogen-bond donors (Lipinski definition) is 1. The van der Waals surface area contributed by atoms with Crippen LogP contribution in [0.1, 0.15) is 33.1 Å². The van der Waals surface area contributed by atoms with Gasteiger partial charge in [-0.15, -0.1) is 6.42 Å². The van der Waals surface area contributed by atoms with E-state index >= 15 is 0 Å². The molecular weight excluding hydrogens is 162 g/mol. The number of rotatable bonds is 3. The van der Waals surface area contributed by atoms with Crippen molar-refractivity contribution in [3.05, 3.63) is 0 Å². The highest BCUT2D eigenvalue weighted by atomic mass is 16.5. The zero-order valence-corrected chi connectivity index (χ0v) is 8.60. The van der Waals surface area contributed by atoms with E-state index in [0.29, 0.717) is 6.10 Å². The monoisotopic (exact) mass is 181 g/mol. The maximum absolute atomic E-state index is 5.59. The van der Waals surface area contributed by atoms with Gasteiger partial charge >= 0.3 is 0 Å². The largest absolute Gasteiger partial charge is 0.377 e. The second-order valence-corrected chi connectivity index (χ2v) is 4.14. The third-order valence-corrected chi connectivity index (χ3v) is 2.41. The molecule has 1 unspecified atom stereocenters. The summed E-state index contributed by atoms with van der Waals surface area (Å²) in [6, 6.07) is 0. The van der Waals surface area contributed by atoms with Crippen LogP contribution in [0, 0.1) is 12.3 Å². The Kier molecular flexibility index (Phi) is 3.77. The fraction of sp³-hybridized carbons (Fsp3) is 0.818. The molecule has 0 aromatic carbocycles. The smallest absolute Gasteiger partial charge is 0.0742 e. The lowest BCUT2D eigenvalue weighted by Gasteiger charge is -2.27. The molecule has 0 aromatic heterocycles. The van der Waals surface area contributed by atoms with Gasteiger partial charge in [0, 0.05) is 13.2 Å². The Morgan fingerprint density at radius 2 is 2.31 bits per heavy atom. The summed E-state index contributed by atoms with van der Waals surface area (Å²) >= 11 is 0. The minimum absolute atomic E-state index is 0.208. The van der Waals surface area contributed by atoms with Gasteiger partial charge in [-0.25, -0.2) is 0 Å². The van der Waals surface area contributed by atoms with Gasteiger partial charge in [0.15, 0.2) is 0 Å². The number of nitrogens with one attached hydrogen (secondary N) is 1. The standard InChI is InChI=1S/C11H19NO/c1-4-11(2,3)12-9-10-7-5-6-8-13-10/h1,10,12H,5-9H2,2-3H3. The average Bonchev–Trinajstić information content (AvgIpc) is 2.17. The molecule has 1 rings (SSSR count). The Morgan fingerprint density at radius 3 is 2.85 bits per heavy atom. The summed E-state index contributed by atoms with van der Waals surface area (Å²) in [5.41, 5.74) is -0.208. The van der Waals surface area contributed by atoms with Gasteiger partial charge in [0.25, 0.3) is 0 Å². The van der Waals surface area contributed by atoms with Crippen molar-refractivity contribution < 1.29 is 4.74 Å². The van der Waals surface area contributed by atoms with E-state index in [4.69, 9.17) is 11.2 Å². The van der Waals surface area contributed by atoms with Gasteiger partial charge in [-0.1, -0.05) is 5.92 Å². The minimum atomic E-state index is -0.208. The van der Waals surface area contributed by atoms with Gasteiger partial charge in [0.05, 0.1) is 11.6 Å². The zero-order valence-electron chi connectivity index (χ0n) is 8.60. The first-order valence-corrected chi connectivity index (χ1v) is 4.98. The highest BCUT2D eigenvalue weighted by Crippen LogP contribution is 2.12. The van der Waals surface area contributed by atoms with Gasteiger partial charge < -0.3 is 4.74 Å². The summed E-state index contributed by atoms with van der Waals surface area (Å²) in [4.78, 5) is 0. The van der Waals surface area contributed by atoms with Gasteiger partial charge in [-0.3, -0.25) is 5.32 Å². The molecule has 1 saturated heterocycles. The Bertz CT molecular complexity index is 187. The maximum Gasteiger partial charge on any atom is 0.0742 e. The molecule has 2 nitrogen and oxygen atoms in total. The first kappa shape index (κ1) is 10.6. The fourth-order valence-electron chi connectivity index (χ4n) is 1.39. The molecule has 0 aromatic rings. The maximum atomic E-state index is 5.59. The number of hydrogen-bond acceptors (Lipinski definition) is 2. The molecule has 1 heterocycles. The lowest BCUT2D eigenvalue weighted by Crippen LogP contribution is -2.43. The van der Waals surface area contributed by atoms with Crippen LogP contribution in [0.5, 0.6) is 0 Å². The van der Waals surface area contributed by atoms with Crippen molar-refractivity contribution in [1.82, 2.24) is 5.32 Å². The van der Waals surface area contributed by atoms with Crippen molar-refractivity contribution in [2.45, 2.75) is 44.8 Å². The lowest BCUT2D eigenvalue weighted by molar-refractivity contribution is 0.0146. The van der Waals surface area contributed by atoms with E-state index in [2.05, 4.69) is 11.2 Å². The zero-order chi connectivity index (χ0) is 9.73. The molecule has 0 spiro atoms. The van der Waals surface area contributed by atoms with E-state index in [9.17, 15) is 0 Å². The van der Waals surface area contributed by atoms with Crippen molar-refractivity contribution in [2.75, 3.05) is 13.2 Å². The SMILES string of the molecule is C#CC(C)(C)NCC1CCCCO1. The predicted octanol–water partition coefficient (Wildman–Crippen LogP) is 1.56. The predicted molar refractivity (Wildman–Crippen MR) is 54.5 cm³/mol. The molecule has 74 valence electrons. The van der Waals surface area contributed by atoms with Crippen LogP contribution in [0.2, 0.25) is 0 Å². The van der Waals surface area contributed by atoms with Crippen LogP contribution in [-0.2, 0) is 4.74 Å². The molecule has 1 fully saturated rings. The van der Waals surface area contributed by atoms with Crippen molar-refractivity contribution >= 4 is 0 Å². The summed E-state index contributed by atoms with van der Waals surface area (Å²) in [7, 11) is 0. The molecule has 13 heavy (non-hydrogen) atoms. The molecule has 0 bridgehead atoms.